The van der Waals surface area contributed by atoms with Crippen LogP contribution in [0.4, 0.5) is 16.2 Å². The van der Waals surface area contributed by atoms with Crippen molar-refractivity contribution in [2.24, 2.45) is 0 Å². The van der Waals surface area contributed by atoms with Gasteiger partial charge in [-0.05, 0) is 51.0 Å². The second-order valence-electron chi connectivity index (χ2n) is 4.75. The van der Waals surface area contributed by atoms with Crippen molar-refractivity contribution >= 4 is 17.4 Å². The van der Waals surface area contributed by atoms with Gasteiger partial charge in [-0.3, -0.25) is 0 Å². The zero-order chi connectivity index (χ0) is 12.3. The van der Waals surface area contributed by atoms with Crippen LogP contribution in [-0.4, -0.2) is 18.1 Å². The lowest BCUT2D eigenvalue weighted by Crippen LogP contribution is -2.34. The predicted octanol–water partition coefficient (Wildman–Crippen LogP) is 2.79. The highest BCUT2D eigenvalue weighted by atomic mass is 16.2. The molecule has 1 aromatic carbocycles. The van der Waals surface area contributed by atoms with Gasteiger partial charge in [0, 0.05) is 23.5 Å². The third-order valence-electron chi connectivity index (χ3n) is 2.51. The summed E-state index contributed by atoms with van der Waals surface area (Å²) >= 11 is 0. The van der Waals surface area contributed by atoms with Crippen LogP contribution in [0.5, 0.6) is 0 Å². The molecule has 3 N–H and O–H groups in total. The Morgan fingerprint density at radius 2 is 1.76 bits per heavy atom. The molecule has 0 heterocycles. The van der Waals surface area contributed by atoms with E-state index in [2.05, 4.69) is 16.0 Å². The first kappa shape index (κ1) is 11.8. The third kappa shape index (κ3) is 3.98. The molecule has 92 valence electrons. The Labute approximate surface area is 102 Å². The van der Waals surface area contributed by atoms with E-state index in [9.17, 15) is 4.79 Å². The van der Waals surface area contributed by atoms with Crippen molar-refractivity contribution < 1.29 is 4.79 Å². The summed E-state index contributed by atoms with van der Waals surface area (Å²) < 4.78 is 0. The van der Waals surface area contributed by atoms with E-state index in [1.807, 2.05) is 38.1 Å². The first-order valence-corrected chi connectivity index (χ1v) is 6.07. The van der Waals surface area contributed by atoms with Gasteiger partial charge in [-0.2, -0.15) is 0 Å². The molecule has 0 atom stereocenters. The van der Waals surface area contributed by atoms with E-state index >= 15 is 0 Å². The van der Waals surface area contributed by atoms with E-state index in [-0.39, 0.29) is 12.1 Å². The summed E-state index contributed by atoms with van der Waals surface area (Å²) in [6.45, 7) is 3.87. The molecule has 1 aliphatic carbocycles. The summed E-state index contributed by atoms with van der Waals surface area (Å²) in [6.07, 6.45) is 2.52. The summed E-state index contributed by atoms with van der Waals surface area (Å²) in [4.78, 5) is 11.5. The van der Waals surface area contributed by atoms with Gasteiger partial charge >= 0.3 is 6.03 Å². The minimum atomic E-state index is -0.164. The van der Waals surface area contributed by atoms with Gasteiger partial charge in [-0.15, -0.1) is 0 Å². The van der Waals surface area contributed by atoms with E-state index in [0.717, 1.165) is 11.4 Å². The second kappa shape index (κ2) is 5.08. The monoisotopic (exact) mass is 233 g/mol. The van der Waals surface area contributed by atoms with Gasteiger partial charge in [0.25, 0.3) is 0 Å². The molecule has 1 aromatic rings. The average molecular weight is 233 g/mol. The van der Waals surface area contributed by atoms with E-state index in [1.54, 1.807) is 0 Å². The molecular formula is C13H19N3O. The van der Waals surface area contributed by atoms with Crippen LogP contribution < -0.4 is 16.0 Å². The number of amides is 2. The Morgan fingerprint density at radius 1 is 1.18 bits per heavy atom. The van der Waals surface area contributed by atoms with Crippen LogP contribution in [0.25, 0.3) is 0 Å². The molecule has 0 bridgehead atoms. The molecule has 17 heavy (non-hydrogen) atoms. The van der Waals surface area contributed by atoms with Crippen molar-refractivity contribution in [3.8, 4) is 0 Å². The highest BCUT2D eigenvalue weighted by molar-refractivity contribution is 5.89. The van der Waals surface area contributed by atoms with Crippen molar-refractivity contribution in [2.45, 2.75) is 38.8 Å². The van der Waals surface area contributed by atoms with Crippen LogP contribution in [-0.2, 0) is 0 Å². The molecule has 1 aliphatic rings. The van der Waals surface area contributed by atoms with Gasteiger partial charge in [-0.1, -0.05) is 0 Å². The van der Waals surface area contributed by atoms with E-state index in [4.69, 9.17) is 0 Å². The smallest absolute Gasteiger partial charge is 0.319 e. The molecule has 4 nitrogen and oxygen atoms in total. The minimum absolute atomic E-state index is 0.144. The van der Waals surface area contributed by atoms with Crippen molar-refractivity contribution in [3.05, 3.63) is 24.3 Å². The van der Waals surface area contributed by atoms with E-state index < -0.39 is 0 Å². The lowest BCUT2D eigenvalue weighted by atomic mass is 10.3. The topological polar surface area (TPSA) is 53.2 Å². The number of carbonyl (C=O) groups is 1. The highest BCUT2D eigenvalue weighted by Crippen LogP contribution is 2.25. The Bertz CT molecular complexity index is 382. The summed E-state index contributed by atoms with van der Waals surface area (Å²) in [5, 5.41) is 8.97. The largest absolute Gasteiger partial charge is 0.382 e. The van der Waals surface area contributed by atoms with Crippen LogP contribution in [0, 0.1) is 0 Å². The Morgan fingerprint density at radius 3 is 2.29 bits per heavy atom. The molecule has 0 aliphatic heterocycles. The quantitative estimate of drug-likeness (QED) is 0.749. The van der Waals surface area contributed by atoms with Crippen LogP contribution in [0.1, 0.15) is 26.7 Å². The predicted molar refractivity (Wildman–Crippen MR) is 70.4 cm³/mol. The maximum absolute atomic E-state index is 11.5. The number of benzene rings is 1. The van der Waals surface area contributed by atoms with Gasteiger partial charge in [0.1, 0.15) is 0 Å². The molecular weight excluding hydrogens is 214 g/mol. The first-order chi connectivity index (χ1) is 8.13. The molecule has 1 fully saturated rings. The normalized spacial score (nSPS) is 14.5. The molecule has 0 unspecified atom stereocenters. The lowest BCUT2D eigenvalue weighted by Gasteiger charge is -2.11. The Kier molecular flexibility index (Phi) is 3.52. The fourth-order valence-corrected chi connectivity index (χ4v) is 1.54. The minimum Gasteiger partial charge on any atom is -0.382 e. The maximum atomic E-state index is 11.5. The number of hydrogen-bond donors (Lipinski definition) is 3. The number of rotatable bonds is 4. The molecule has 0 aromatic heterocycles. The summed E-state index contributed by atoms with van der Waals surface area (Å²) in [5.41, 5.74) is 1.92. The molecule has 2 amide bonds. The summed E-state index contributed by atoms with van der Waals surface area (Å²) in [6, 6.07) is 8.42. The Balaban J connectivity index is 1.86. The van der Waals surface area contributed by atoms with Gasteiger partial charge < -0.3 is 16.0 Å². The van der Waals surface area contributed by atoms with Crippen molar-refractivity contribution in [2.75, 3.05) is 10.6 Å². The number of urea groups is 1. The molecule has 1 saturated carbocycles. The molecule has 0 saturated heterocycles. The zero-order valence-corrected chi connectivity index (χ0v) is 10.3. The van der Waals surface area contributed by atoms with Gasteiger partial charge in [0.15, 0.2) is 0 Å². The highest BCUT2D eigenvalue weighted by Gasteiger charge is 2.20. The Hall–Kier alpha value is -1.71. The van der Waals surface area contributed by atoms with Crippen LogP contribution in [0.15, 0.2) is 24.3 Å². The van der Waals surface area contributed by atoms with Crippen molar-refractivity contribution in [1.29, 1.82) is 0 Å². The molecule has 0 radical (unpaired) electrons. The molecule has 4 heteroatoms. The van der Waals surface area contributed by atoms with E-state index in [0.29, 0.717) is 6.04 Å². The van der Waals surface area contributed by atoms with Crippen molar-refractivity contribution in [3.63, 3.8) is 0 Å². The summed E-state index contributed by atoms with van der Waals surface area (Å²) in [5.74, 6) is 0. The van der Waals surface area contributed by atoms with Crippen molar-refractivity contribution in [1.82, 2.24) is 5.32 Å². The van der Waals surface area contributed by atoms with Gasteiger partial charge in [0.05, 0.1) is 0 Å². The standard InChI is InChI=1S/C13H19N3O/c1-9(2)14-13(17)16-12-7-5-11(6-8-12)15-10-3-4-10/h5-10,15H,3-4H2,1-2H3,(H2,14,16,17). The SMILES string of the molecule is CC(C)NC(=O)Nc1ccc(NC2CC2)cc1. The fraction of sp³-hybridized carbons (Fsp3) is 0.462. The average Bonchev–Trinajstić information content (AvgIpc) is 3.03. The fourth-order valence-electron chi connectivity index (χ4n) is 1.54. The molecule has 0 spiro atoms. The third-order valence-corrected chi connectivity index (χ3v) is 2.51. The van der Waals surface area contributed by atoms with Gasteiger partial charge in [0.2, 0.25) is 0 Å². The lowest BCUT2D eigenvalue weighted by molar-refractivity contribution is 0.250. The first-order valence-electron chi connectivity index (χ1n) is 6.07. The van der Waals surface area contributed by atoms with Crippen LogP contribution in [0.3, 0.4) is 0 Å². The van der Waals surface area contributed by atoms with Gasteiger partial charge in [-0.25, -0.2) is 4.79 Å². The number of anilines is 2. The molecule has 2 rings (SSSR count). The van der Waals surface area contributed by atoms with Crippen LogP contribution >= 0.6 is 0 Å². The number of nitrogens with one attached hydrogen (secondary N) is 3. The maximum Gasteiger partial charge on any atom is 0.319 e. The second-order valence-corrected chi connectivity index (χ2v) is 4.75. The number of carbonyl (C=O) groups excluding carboxylic acids is 1. The number of hydrogen-bond acceptors (Lipinski definition) is 2. The zero-order valence-electron chi connectivity index (χ0n) is 10.3. The summed E-state index contributed by atoms with van der Waals surface area (Å²) in [7, 11) is 0. The van der Waals surface area contributed by atoms with Crippen LogP contribution in [0.2, 0.25) is 0 Å². The van der Waals surface area contributed by atoms with E-state index in [1.165, 1.54) is 12.8 Å².